The Kier molecular flexibility index (Phi) is 5.46. The van der Waals surface area contributed by atoms with Gasteiger partial charge in [-0.3, -0.25) is 14.3 Å². The number of carbonyl (C=O) groups excluding carboxylic acids is 2. The van der Waals surface area contributed by atoms with Gasteiger partial charge in [-0.1, -0.05) is 18.2 Å². The van der Waals surface area contributed by atoms with Gasteiger partial charge in [0.05, 0.1) is 18.1 Å². The number of nitrogens with zero attached hydrogens (tertiary/aromatic N) is 3. The fourth-order valence-corrected chi connectivity index (χ4v) is 3.70. The topological polar surface area (TPSA) is 80.4 Å². The van der Waals surface area contributed by atoms with Gasteiger partial charge < -0.3 is 14.6 Å². The van der Waals surface area contributed by atoms with Gasteiger partial charge >= 0.3 is 0 Å². The third kappa shape index (κ3) is 4.23. The van der Waals surface area contributed by atoms with Gasteiger partial charge in [0, 0.05) is 44.0 Å². The Bertz CT molecular complexity index is 971. The van der Waals surface area contributed by atoms with Gasteiger partial charge in [0.1, 0.15) is 5.69 Å². The summed E-state index contributed by atoms with van der Waals surface area (Å²) in [5.74, 6) is 0.290. The zero-order valence-corrected chi connectivity index (χ0v) is 16.4. The summed E-state index contributed by atoms with van der Waals surface area (Å²) in [6.07, 6.45) is 6.62. The van der Waals surface area contributed by atoms with E-state index in [4.69, 9.17) is 4.42 Å². The molecule has 0 saturated carbocycles. The van der Waals surface area contributed by atoms with E-state index in [9.17, 15) is 9.59 Å². The molecule has 0 bridgehead atoms. The zero-order valence-electron chi connectivity index (χ0n) is 16.4. The molecule has 1 aliphatic rings. The SMILES string of the molecule is Cn1cc(C(=O)NCC2CCN(C(=O)c3ccccc3)CC2)c(-c2ccoc2)n1. The molecule has 0 radical (unpaired) electrons. The fourth-order valence-electron chi connectivity index (χ4n) is 3.70. The third-order valence-electron chi connectivity index (χ3n) is 5.34. The largest absolute Gasteiger partial charge is 0.472 e. The molecule has 3 aromatic rings. The first-order valence-electron chi connectivity index (χ1n) is 9.80. The molecule has 1 fully saturated rings. The van der Waals surface area contributed by atoms with Gasteiger partial charge in [0.2, 0.25) is 0 Å². The van der Waals surface area contributed by atoms with Crippen molar-refractivity contribution in [2.75, 3.05) is 19.6 Å². The molecule has 7 heteroatoms. The number of benzene rings is 1. The van der Waals surface area contributed by atoms with E-state index in [1.165, 1.54) is 0 Å². The maximum Gasteiger partial charge on any atom is 0.255 e. The van der Waals surface area contributed by atoms with Crippen molar-refractivity contribution in [2.24, 2.45) is 13.0 Å². The fraction of sp³-hybridized carbons (Fsp3) is 0.318. The lowest BCUT2D eigenvalue weighted by Crippen LogP contribution is -2.41. The lowest BCUT2D eigenvalue weighted by atomic mass is 9.96. The van der Waals surface area contributed by atoms with Crippen molar-refractivity contribution >= 4 is 11.8 Å². The Balaban J connectivity index is 1.31. The van der Waals surface area contributed by atoms with Gasteiger partial charge in [-0.05, 0) is 37.0 Å². The van der Waals surface area contributed by atoms with Crippen LogP contribution in [0.2, 0.25) is 0 Å². The molecule has 2 amide bonds. The molecule has 0 aliphatic carbocycles. The van der Waals surface area contributed by atoms with E-state index in [1.807, 2.05) is 35.2 Å². The first-order chi connectivity index (χ1) is 14.1. The van der Waals surface area contributed by atoms with Crippen molar-refractivity contribution in [1.82, 2.24) is 20.0 Å². The molecule has 1 saturated heterocycles. The summed E-state index contributed by atoms with van der Waals surface area (Å²) < 4.78 is 6.75. The van der Waals surface area contributed by atoms with Crippen LogP contribution in [0.25, 0.3) is 11.3 Å². The number of piperidine rings is 1. The molecule has 0 unspecified atom stereocenters. The van der Waals surface area contributed by atoms with Crippen molar-refractivity contribution in [1.29, 1.82) is 0 Å². The third-order valence-corrected chi connectivity index (χ3v) is 5.34. The second-order valence-electron chi connectivity index (χ2n) is 7.39. The highest BCUT2D eigenvalue weighted by molar-refractivity contribution is 5.99. The van der Waals surface area contributed by atoms with Crippen LogP contribution in [-0.2, 0) is 7.05 Å². The average molecular weight is 392 g/mol. The Morgan fingerprint density at radius 1 is 1.17 bits per heavy atom. The first kappa shape index (κ1) is 19.0. The van der Waals surface area contributed by atoms with Crippen molar-refractivity contribution in [3.8, 4) is 11.3 Å². The summed E-state index contributed by atoms with van der Waals surface area (Å²) in [4.78, 5) is 27.2. The van der Waals surface area contributed by atoms with Crippen LogP contribution in [-0.4, -0.2) is 46.1 Å². The molecule has 2 aromatic heterocycles. The summed E-state index contributed by atoms with van der Waals surface area (Å²) in [5.41, 5.74) is 2.65. The molecule has 29 heavy (non-hydrogen) atoms. The molecule has 1 aliphatic heterocycles. The minimum absolute atomic E-state index is 0.0770. The predicted molar refractivity (Wildman–Crippen MR) is 108 cm³/mol. The standard InChI is InChI=1S/C22H24N4O3/c1-25-14-19(20(24-25)18-9-12-29-15-18)21(27)23-13-16-7-10-26(11-8-16)22(28)17-5-3-2-4-6-17/h2-6,9,12,14-16H,7-8,10-11,13H2,1H3,(H,23,27). The van der Waals surface area contributed by atoms with Crippen molar-refractivity contribution < 1.29 is 14.0 Å². The summed E-state index contributed by atoms with van der Waals surface area (Å²) >= 11 is 0. The number of furan rings is 1. The highest BCUT2D eigenvalue weighted by atomic mass is 16.3. The minimum atomic E-state index is -0.142. The van der Waals surface area contributed by atoms with Crippen LogP contribution in [0.5, 0.6) is 0 Å². The van der Waals surface area contributed by atoms with E-state index in [-0.39, 0.29) is 11.8 Å². The van der Waals surface area contributed by atoms with Crippen molar-refractivity contribution in [3.63, 3.8) is 0 Å². The molecule has 150 valence electrons. The Morgan fingerprint density at radius 2 is 1.93 bits per heavy atom. The van der Waals surface area contributed by atoms with Crippen LogP contribution < -0.4 is 5.32 Å². The molecular weight excluding hydrogens is 368 g/mol. The maximum absolute atomic E-state index is 12.7. The van der Waals surface area contributed by atoms with E-state index in [0.29, 0.717) is 36.8 Å². The number of aryl methyl sites for hydroxylation is 1. The highest BCUT2D eigenvalue weighted by Gasteiger charge is 2.25. The van der Waals surface area contributed by atoms with Crippen molar-refractivity contribution in [3.05, 3.63) is 66.2 Å². The average Bonchev–Trinajstić information content (AvgIpc) is 3.42. The van der Waals surface area contributed by atoms with E-state index in [2.05, 4.69) is 10.4 Å². The van der Waals surface area contributed by atoms with Gasteiger partial charge in [0.25, 0.3) is 11.8 Å². The first-order valence-corrected chi connectivity index (χ1v) is 9.80. The number of hydrogen-bond donors (Lipinski definition) is 1. The number of nitrogens with one attached hydrogen (secondary N) is 1. The number of likely N-dealkylation sites (tertiary alicyclic amines) is 1. The predicted octanol–water partition coefficient (Wildman–Crippen LogP) is 2.96. The summed E-state index contributed by atoms with van der Waals surface area (Å²) in [7, 11) is 1.79. The zero-order chi connectivity index (χ0) is 20.2. The quantitative estimate of drug-likeness (QED) is 0.724. The number of rotatable bonds is 5. The molecule has 0 atom stereocenters. The lowest BCUT2D eigenvalue weighted by Gasteiger charge is -2.32. The molecular formula is C22H24N4O3. The molecule has 3 heterocycles. The van der Waals surface area contributed by atoms with E-state index in [0.717, 1.165) is 24.0 Å². The smallest absolute Gasteiger partial charge is 0.255 e. The van der Waals surface area contributed by atoms with Crippen LogP contribution in [0.3, 0.4) is 0 Å². The minimum Gasteiger partial charge on any atom is -0.472 e. The number of aromatic nitrogens is 2. The Labute approximate surface area is 169 Å². The van der Waals surface area contributed by atoms with Crippen LogP contribution >= 0.6 is 0 Å². The number of hydrogen-bond acceptors (Lipinski definition) is 4. The molecule has 7 nitrogen and oxygen atoms in total. The lowest BCUT2D eigenvalue weighted by molar-refractivity contribution is 0.0684. The van der Waals surface area contributed by atoms with Crippen LogP contribution in [0.15, 0.2) is 59.5 Å². The second-order valence-corrected chi connectivity index (χ2v) is 7.39. The maximum atomic E-state index is 12.7. The number of carbonyl (C=O) groups is 2. The van der Waals surface area contributed by atoms with Crippen molar-refractivity contribution in [2.45, 2.75) is 12.8 Å². The molecule has 1 aromatic carbocycles. The van der Waals surface area contributed by atoms with Gasteiger partial charge in [-0.15, -0.1) is 0 Å². The second kappa shape index (κ2) is 8.34. The highest BCUT2D eigenvalue weighted by Crippen LogP contribution is 2.23. The van der Waals surface area contributed by atoms with Gasteiger partial charge in [-0.25, -0.2) is 0 Å². The monoisotopic (exact) mass is 392 g/mol. The summed E-state index contributed by atoms with van der Waals surface area (Å²) in [6, 6.07) is 11.2. The van der Waals surface area contributed by atoms with Gasteiger partial charge in [-0.2, -0.15) is 5.10 Å². The molecule has 0 spiro atoms. The van der Waals surface area contributed by atoms with Crippen LogP contribution in [0.1, 0.15) is 33.6 Å². The number of amides is 2. The van der Waals surface area contributed by atoms with E-state index >= 15 is 0 Å². The Hall–Kier alpha value is -3.35. The van der Waals surface area contributed by atoms with Crippen LogP contribution in [0.4, 0.5) is 0 Å². The van der Waals surface area contributed by atoms with Gasteiger partial charge in [0.15, 0.2) is 0 Å². The normalized spacial score (nSPS) is 14.7. The van der Waals surface area contributed by atoms with E-state index < -0.39 is 0 Å². The molecule has 1 N–H and O–H groups in total. The molecule has 4 rings (SSSR count). The summed E-state index contributed by atoms with van der Waals surface area (Å²) in [6.45, 7) is 2.01. The summed E-state index contributed by atoms with van der Waals surface area (Å²) in [5, 5.41) is 7.41. The van der Waals surface area contributed by atoms with E-state index in [1.54, 1.807) is 36.5 Å². The van der Waals surface area contributed by atoms with Crippen LogP contribution in [0, 0.1) is 5.92 Å². The Morgan fingerprint density at radius 3 is 2.62 bits per heavy atom.